The summed E-state index contributed by atoms with van der Waals surface area (Å²) in [7, 11) is 3.87. The van der Waals surface area contributed by atoms with E-state index in [-0.39, 0.29) is 18.0 Å². The summed E-state index contributed by atoms with van der Waals surface area (Å²) in [6, 6.07) is 11.3. The number of anilines is 1. The van der Waals surface area contributed by atoms with Gasteiger partial charge >= 0.3 is 0 Å². The highest BCUT2D eigenvalue weighted by atomic mass is 35.5. The van der Waals surface area contributed by atoms with Gasteiger partial charge in [-0.3, -0.25) is 4.79 Å². The molecule has 0 bridgehead atoms. The Balaban J connectivity index is 2.17. The topological polar surface area (TPSA) is 20.3 Å². The van der Waals surface area contributed by atoms with E-state index < -0.39 is 0 Å². The number of Topliss-reactive ketones (excluding diaryl/α,β-unsaturated/α-hetero) is 1. The second-order valence-corrected chi connectivity index (χ2v) is 5.18. The van der Waals surface area contributed by atoms with Crippen LogP contribution in [0.25, 0.3) is 0 Å². The molecule has 20 heavy (non-hydrogen) atoms. The monoisotopic (exact) mass is 291 g/mol. The number of ketones is 1. The first-order chi connectivity index (χ1) is 9.47. The van der Waals surface area contributed by atoms with E-state index in [0.29, 0.717) is 16.1 Å². The first kappa shape index (κ1) is 14.5. The predicted molar refractivity (Wildman–Crippen MR) is 80.2 cm³/mol. The fraction of sp³-hybridized carbons (Fsp3) is 0.188. The van der Waals surface area contributed by atoms with Gasteiger partial charge in [0, 0.05) is 36.8 Å². The summed E-state index contributed by atoms with van der Waals surface area (Å²) in [5, 5.41) is 0.407. The van der Waals surface area contributed by atoms with Gasteiger partial charge in [0.2, 0.25) is 0 Å². The molecule has 0 atom stereocenters. The van der Waals surface area contributed by atoms with Crippen molar-refractivity contribution < 1.29 is 9.18 Å². The van der Waals surface area contributed by atoms with Gasteiger partial charge in [-0.25, -0.2) is 4.39 Å². The molecule has 0 unspecified atom stereocenters. The summed E-state index contributed by atoms with van der Waals surface area (Å²) in [4.78, 5) is 14.1. The van der Waals surface area contributed by atoms with Crippen molar-refractivity contribution in [2.24, 2.45) is 0 Å². The van der Waals surface area contributed by atoms with Gasteiger partial charge < -0.3 is 4.90 Å². The number of carbonyl (C=O) groups excluding carboxylic acids is 1. The van der Waals surface area contributed by atoms with E-state index in [0.717, 1.165) is 5.69 Å². The molecule has 104 valence electrons. The molecule has 0 radical (unpaired) electrons. The highest BCUT2D eigenvalue weighted by molar-refractivity contribution is 6.31. The lowest BCUT2D eigenvalue weighted by Crippen LogP contribution is -2.09. The molecule has 0 aliphatic rings. The molecule has 2 rings (SSSR count). The third kappa shape index (κ3) is 3.36. The van der Waals surface area contributed by atoms with Crippen molar-refractivity contribution in [2.75, 3.05) is 19.0 Å². The SMILES string of the molecule is CN(C)c1ccc(C(=O)Cc2cc(F)ccc2Cl)cc1. The molecule has 0 aliphatic carbocycles. The minimum atomic E-state index is -0.389. The molecule has 2 nitrogen and oxygen atoms in total. The van der Waals surface area contributed by atoms with Gasteiger partial charge in [0.1, 0.15) is 5.82 Å². The van der Waals surface area contributed by atoms with E-state index in [1.807, 2.05) is 31.1 Å². The van der Waals surface area contributed by atoms with Crippen LogP contribution >= 0.6 is 11.6 Å². The standard InChI is InChI=1S/C16H15ClFNO/c1-19(2)14-6-3-11(4-7-14)16(20)10-12-9-13(18)5-8-15(12)17/h3-9H,10H2,1-2H3. The molecule has 0 aliphatic heterocycles. The smallest absolute Gasteiger partial charge is 0.167 e. The van der Waals surface area contributed by atoms with Crippen molar-refractivity contribution in [1.29, 1.82) is 0 Å². The van der Waals surface area contributed by atoms with E-state index in [1.165, 1.54) is 18.2 Å². The lowest BCUT2D eigenvalue weighted by Gasteiger charge is -2.12. The third-order valence-electron chi connectivity index (χ3n) is 3.06. The molecular formula is C16H15ClFNO. The average molecular weight is 292 g/mol. The second-order valence-electron chi connectivity index (χ2n) is 4.78. The largest absolute Gasteiger partial charge is 0.378 e. The van der Waals surface area contributed by atoms with Crippen LogP contribution in [0.2, 0.25) is 5.02 Å². The van der Waals surface area contributed by atoms with Crippen LogP contribution in [0.1, 0.15) is 15.9 Å². The zero-order valence-corrected chi connectivity index (χ0v) is 12.1. The Morgan fingerprint density at radius 2 is 1.80 bits per heavy atom. The van der Waals surface area contributed by atoms with Gasteiger partial charge in [-0.1, -0.05) is 11.6 Å². The summed E-state index contributed by atoms with van der Waals surface area (Å²) in [6.07, 6.45) is 0.0951. The van der Waals surface area contributed by atoms with Crippen molar-refractivity contribution in [3.63, 3.8) is 0 Å². The minimum Gasteiger partial charge on any atom is -0.378 e. The van der Waals surface area contributed by atoms with Crippen LogP contribution in [0.5, 0.6) is 0 Å². The zero-order chi connectivity index (χ0) is 14.7. The first-order valence-corrected chi connectivity index (χ1v) is 6.59. The van der Waals surface area contributed by atoms with Crippen LogP contribution < -0.4 is 4.90 Å². The molecule has 0 heterocycles. The summed E-state index contributed by atoms with van der Waals surface area (Å²) < 4.78 is 13.2. The molecule has 4 heteroatoms. The third-order valence-corrected chi connectivity index (χ3v) is 3.43. The molecule has 0 saturated carbocycles. The van der Waals surface area contributed by atoms with E-state index >= 15 is 0 Å². The van der Waals surface area contributed by atoms with E-state index in [9.17, 15) is 9.18 Å². The van der Waals surface area contributed by atoms with Gasteiger partial charge in [0.25, 0.3) is 0 Å². The van der Waals surface area contributed by atoms with Gasteiger partial charge in [-0.15, -0.1) is 0 Å². The van der Waals surface area contributed by atoms with Crippen molar-refractivity contribution in [2.45, 2.75) is 6.42 Å². The normalized spacial score (nSPS) is 10.4. The lowest BCUT2D eigenvalue weighted by atomic mass is 10.0. The van der Waals surface area contributed by atoms with Gasteiger partial charge in [0.15, 0.2) is 5.78 Å². The van der Waals surface area contributed by atoms with Crippen LogP contribution in [0.15, 0.2) is 42.5 Å². The summed E-state index contributed by atoms with van der Waals surface area (Å²) in [5.41, 5.74) is 2.12. The van der Waals surface area contributed by atoms with Crippen molar-refractivity contribution in [1.82, 2.24) is 0 Å². The Kier molecular flexibility index (Phi) is 4.40. The zero-order valence-electron chi connectivity index (χ0n) is 11.4. The van der Waals surface area contributed by atoms with Crippen LogP contribution in [-0.4, -0.2) is 19.9 Å². The first-order valence-electron chi connectivity index (χ1n) is 6.22. The number of carbonyl (C=O) groups is 1. The highest BCUT2D eigenvalue weighted by Gasteiger charge is 2.11. The average Bonchev–Trinajstić information content (AvgIpc) is 2.43. The summed E-state index contributed by atoms with van der Waals surface area (Å²) >= 11 is 5.97. The molecule has 0 aromatic heterocycles. The molecule has 0 fully saturated rings. The fourth-order valence-corrected chi connectivity index (χ4v) is 2.08. The quantitative estimate of drug-likeness (QED) is 0.795. The number of benzene rings is 2. The Morgan fingerprint density at radius 3 is 2.40 bits per heavy atom. The maximum absolute atomic E-state index is 13.2. The molecule has 0 N–H and O–H groups in total. The molecule has 2 aromatic rings. The van der Waals surface area contributed by atoms with E-state index in [2.05, 4.69) is 0 Å². The second kappa shape index (κ2) is 6.06. The van der Waals surface area contributed by atoms with Crippen LogP contribution in [0.3, 0.4) is 0 Å². The number of hydrogen-bond acceptors (Lipinski definition) is 2. The molecule has 2 aromatic carbocycles. The number of nitrogens with zero attached hydrogens (tertiary/aromatic N) is 1. The Bertz CT molecular complexity index is 623. The summed E-state index contributed by atoms with van der Waals surface area (Å²) in [5.74, 6) is -0.469. The van der Waals surface area contributed by atoms with Crippen LogP contribution in [0.4, 0.5) is 10.1 Å². The Labute approximate surface area is 122 Å². The summed E-state index contributed by atoms with van der Waals surface area (Å²) in [6.45, 7) is 0. The Morgan fingerprint density at radius 1 is 1.15 bits per heavy atom. The molecule has 0 amide bonds. The number of halogens is 2. The van der Waals surface area contributed by atoms with Crippen molar-refractivity contribution in [3.05, 3.63) is 64.4 Å². The van der Waals surface area contributed by atoms with Gasteiger partial charge in [-0.2, -0.15) is 0 Å². The fourth-order valence-electron chi connectivity index (χ4n) is 1.90. The highest BCUT2D eigenvalue weighted by Crippen LogP contribution is 2.20. The predicted octanol–water partition coefficient (Wildman–Crippen LogP) is 3.97. The molecule has 0 spiro atoms. The molecule has 0 saturated heterocycles. The number of hydrogen-bond donors (Lipinski definition) is 0. The van der Waals surface area contributed by atoms with E-state index in [4.69, 9.17) is 11.6 Å². The maximum atomic E-state index is 13.2. The van der Waals surface area contributed by atoms with Crippen LogP contribution in [0, 0.1) is 5.82 Å². The lowest BCUT2D eigenvalue weighted by molar-refractivity contribution is 0.0993. The minimum absolute atomic E-state index is 0.0807. The van der Waals surface area contributed by atoms with Crippen molar-refractivity contribution >= 4 is 23.1 Å². The van der Waals surface area contributed by atoms with Gasteiger partial charge in [-0.05, 0) is 48.0 Å². The molecular weight excluding hydrogens is 277 g/mol. The maximum Gasteiger partial charge on any atom is 0.167 e. The number of rotatable bonds is 4. The van der Waals surface area contributed by atoms with E-state index in [1.54, 1.807) is 12.1 Å². The Hall–Kier alpha value is -1.87. The van der Waals surface area contributed by atoms with Gasteiger partial charge in [0.05, 0.1) is 0 Å². The van der Waals surface area contributed by atoms with Crippen molar-refractivity contribution in [3.8, 4) is 0 Å². The van der Waals surface area contributed by atoms with Crippen LogP contribution in [-0.2, 0) is 6.42 Å².